The van der Waals surface area contributed by atoms with Gasteiger partial charge in [-0.05, 0) is 49.3 Å². The molecule has 0 aliphatic carbocycles. The second-order valence-corrected chi connectivity index (χ2v) is 14.7. The van der Waals surface area contributed by atoms with Crippen LogP contribution >= 0.6 is 0 Å². The molecule has 126 valence electrons. The Bertz CT molecular complexity index is 523. The first-order valence-corrected chi connectivity index (χ1v) is 13.4. The van der Waals surface area contributed by atoms with Crippen LogP contribution in [0.1, 0.15) is 31.9 Å². The van der Waals surface area contributed by atoms with Gasteiger partial charge in [-0.15, -0.1) is 12.3 Å². The van der Waals surface area contributed by atoms with Crippen LogP contribution in [0.4, 0.5) is 0 Å². The van der Waals surface area contributed by atoms with E-state index in [0.29, 0.717) is 9.52 Å². The van der Waals surface area contributed by atoms with E-state index in [1.54, 1.807) is 0 Å². The highest BCUT2D eigenvalue weighted by molar-refractivity contribution is 6.74. The quantitative estimate of drug-likeness (QED) is 0.566. The molecular formula is C18H31NOSi3. The predicted octanol–water partition coefficient (Wildman–Crippen LogP) is 3.33. The van der Waals surface area contributed by atoms with Gasteiger partial charge in [0.25, 0.3) is 0 Å². The number of aryl methyl sites for hydroxylation is 1. The highest BCUT2D eigenvalue weighted by Gasteiger charge is 2.38. The van der Waals surface area contributed by atoms with Crippen molar-refractivity contribution in [3.63, 3.8) is 0 Å². The summed E-state index contributed by atoms with van der Waals surface area (Å²) in [6, 6.07) is 6.57. The topological polar surface area (TPSA) is 21.3 Å². The second-order valence-electron chi connectivity index (χ2n) is 7.43. The Morgan fingerprint density at radius 1 is 1.30 bits per heavy atom. The van der Waals surface area contributed by atoms with Gasteiger partial charge in [0.1, 0.15) is 9.52 Å². The normalized spacial score (nSPS) is 13.9. The maximum Gasteiger partial charge on any atom is 0.193 e. The van der Waals surface area contributed by atoms with Crippen LogP contribution in [0.3, 0.4) is 0 Å². The molecular weight excluding hydrogens is 330 g/mol. The standard InChI is InChI=1S/C18H31NOSi3/c1-9-21-17(20-23(7,8)18(4,5)6)19-13-22-16-12-10-11-14(2)15(16)3/h9-12,17,19H,1,13H2,2-8H3. The van der Waals surface area contributed by atoms with Crippen molar-refractivity contribution in [2.45, 2.75) is 58.6 Å². The van der Waals surface area contributed by atoms with Crippen molar-refractivity contribution >= 4 is 32.5 Å². The van der Waals surface area contributed by atoms with Gasteiger partial charge in [0.15, 0.2) is 8.32 Å². The average Bonchev–Trinajstić information content (AvgIpc) is 2.42. The molecule has 1 aromatic rings. The Labute approximate surface area is 148 Å². The lowest BCUT2D eigenvalue weighted by atomic mass is 10.1. The van der Waals surface area contributed by atoms with Crippen LogP contribution in [0.2, 0.25) is 18.1 Å². The third-order valence-electron chi connectivity index (χ3n) is 4.66. The van der Waals surface area contributed by atoms with E-state index in [0.717, 1.165) is 15.7 Å². The van der Waals surface area contributed by atoms with E-state index in [9.17, 15) is 0 Å². The summed E-state index contributed by atoms with van der Waals surface area (Å²) in [5, 5.41) is 5.29. The molecule has 1 N–H and O–H groups in total. The van der Waals surface area contributed by atoms with Crippen molar-refractivity contribution in [1.29, 1.82) is 0 Å². The molecule has 1 rings (SSSR count). The second kappa shape index (κ2) is 8.58. The zero-order chi connectivity index (χ0) is 17.7. The molecule has 0 amide bonds. The van der Waals surface area contributed by atoms with Crippen LogP contribution in [0.25, 0.3) is 0 Å². The van der Waals surface area contributed by atoms with Crippen molar-refractivity contribution in [2.75, 3.05) is 6.17 Å². The highest BCUT2D eigenvalue weighted by atomic mass is 28.4. The molecule has 0 heterocycles. The summed E-state index contributed by atoms with van der Waals surface area (Å²) in [5.74, 6) is 0.103. The summed E-state index contributed by atoms with van der Waals surface area (Å²) in [7, 11) is -0.399. The van der Waals surface area contributed by atoms with E-state index in [1.165, 1.54) is 16.3 Å². The van der Waals surface area contributed by atoms with Gasteiger partial charge in [-0.3, -0.25) is 5.32 Å². The van der Waals surface area contributed by atoms with Gasteiger partial charge in [-0.1, -0.05) is 44.2 Å². The number of hydrogen-bond acceptors (Lipinski definition) is 2. The Morgan fingerprint density at radius 2 is 1.96 bits per heavy atom. The number of nitrogens with one attached hydrogen (secondary N) is 1. The summed E-state index contributed by atoms with van der Waals surface area (Å²) >= 11 is 0. The predicted molar refractivity (Wildman–Crippen MR) is 107 cm³/mol. The van der Waals surface area contributed by atoms with Crippen molar-refractivity contribution in [3.8, 4) is 0 Å². The van der Waals surface area contributed by atoms with Crippen molar-refractivity contribution in [1.82, 2.24) is 5.32 Å². The first-order valence-electron chi connectivity index (χ1n) is 8.17. The summed E-state index contributed by atoms with van der Waals surface area (Å²) in [4.78, 5) is 0. The van der Waals surface area contributed by atoms with E-state index in [-0.39, 0.29) is 10.9 Å². The zero-order valence-corrected chi connectivity index (χ0v) is 18.7. The minimum Gasteiger partial charge on any atom is -0.405 e. The fourth-order valence-corrected chi connectivity index (χ4v) is 5.87. The Hall–Kier alpha value is -0.469. The van der Waals surface area contributed by atoms with E-state index in [4.69, 9.17) is 4.43 Å². The van der Waals surface area contributed by atoms with Crippen LogP contribution in [-0.2, 0) is 4.43 Å². The first-order chi connectivity index (χ1) is 10.6. The van der Waals surface area contributed by atoms with Gasteiger partial charge >= 0.3 is 0 Å². The van der Waals surface area contributed by atoms with Crippen LogP contribution in [-0.4, -0.2) is 39.4 Å². The van der Waals surface area contributed by atoms with Crippen molar-refractivity contribution in [2.24, 2.45) is 0 Å². The molecule has 1 unspecified atom stereocenters. The van der Waals surface area contributed by atoms with Gasteiger partial charge in [0, 0.05) is 0 Å². The molecule has 5 heteroatoms. The Balaban J connectivity index is 2.63. The minimum atomic E-state index is -1.75. The van der Waals surface area contributed by atoms with Crippen molar-refractivity contribution in [3.05, 3.63) is 41.6 Å². The van der Waals surface area contributed by atoms with E-state index < -0.39 is 8.32 Å². The van der Waals surface area contributed by atoms with Gasteiger partial charge < -0.3 is 4.43 Å². The molecule has 2 nitrogen and oxygen atoms in total. The molecule has 1 aromatic carbocycles. The Morgan fingerprint density at radius 3 is 2.52 bits per heavy atom. The molecule has 0 spiro atoms. The van der Waals surface area contributed by atoms with Gasteiger partial charge in [-0.2, -0.15) is 0 Å². The van der Waals surface area contributed by atoms with E-state index >= 15 is 0 Å². The zero-order valence-electron chi connectivity index (χ0n) is 15.7. The molecule has 0 bridgehead atoms. The largest absolute Gasteiger partial charge is 0.405 e. The molecule has 1 atom stereocenters. The summed E-state index contributed by atoms with van der Waals surface area (Å²) < 4.78 is 6.51. The van der Waals surface area contributed by atoms with Crippen LogP contribution in [0, 0.1) is 13.8 Å². The van der Waals surface area contributed by atoms with E-state index in [1.807, 2.05) is 5.70 Å². The SMILES string of the molecule is C=C[Si]C(NC[Si]c1cccc(C)c1C)O[Si](C)(C)C(C)(C)C. The molecule has 0 saturated heterocycles. The van der Waals surface area contributed by atoms with E-state index in [2.05, 4.69) is 77.8 Å². The lowest BCUT2D eigenvalue weighted by Crippen LogP contribution is -2.51. The number of hydrogen-bond donors (Lipinski definition) is 1. The molecule has 4 radical (unpaired) electrons. The molecule has 23 heavy (non-hydrogen) atoms. The summed E-state index contributed by atoms with van der Waals surface area (Å²) in [6.07, 6.45) is 0.963. The highest BCUT2D eigenvalue weighted by Crippen LogP contribution is 2.36. The molecule has 0 aliphatic heterocycles. The number of rotatable bonds is 8. The monoisotopic (exact) mass is 361 g/mol. The molecule has 0 aromatic heterocycles. The number of benzene rings is 1. The lowest BCUT2D eigenvalue weighted by molar-refractivity contribution is 0.224. The van der Waals surface area contributed by atoms with Crippen LogP contribution in [0.15, 0.2) is 30.5 Å². The molecule has 0 fully saturated rings. The summed E-state index contributed by atoms with van der Waals surface area (Å²) in [5.41, 5.74) is 4.77. The third-order valence-corrected chi connectivity index (χ3v) is 11.5. The molecule has 0 saturated carbocycles. The first kappa shape index (κ1) is 20.6. The Kier molecular flexibility index (Phi) is 7.67. The smallest absolute Gasteiger partial charge is 0.193 e. The lowest BCUT2D eigenvalue weighted by Gasteiger charge is -2.39. The average molecular weight is 362 g/mol. The maximum atomic E-state index is 6.51. The molecule has 0 aliphatic rings. The van der Waals surface area contributed by atoms with Crippen molar-refractivity contribution < 1.29 is 4.43 Å². The van der Waals surface area contributed by atoms with Crippen LogP contribution in [0.5, 0.6) is 0 Å². The fourth-order valence-electron chi connectivity index (χ4n) is 1.89. The van der Waals surface area contributed by atoms with Crippen LogP contribution < -0.4 is 10.5 Å². The fraction of sp³-hybridized carbons (Fsp3) is 0.556. The minimum absolute atomic E-state index is 0.103. The van der Waals surface area contributed by atoms with Gasteiger partial charge in [0.05, 0.1) is 15.4 Å². The van der Waals surface area contributed by atoms with Gasteiger partial charge in [-0.25, -0.2) is 0 Å². The maximum absolute atomic E-state index is 6.51. The summed E-state index contributed by atoms with van der Waals surface area (Å²) in [6.45, 7) is 19.8. The van der Waals surface area contributed by atoms with Gasteiger partial charge in [0.2, 0.25) is 0 Å². The third kappa shape index (κ3) is 6.15.